The first-order chi connectivity index (χ1) is 30.1. The van der Waals surface area contributed by atoms with Crippen LogP contribution in [0, 0.1) is 12.3 Å². The Labute approximate surface area is 373 Å². The fourth-order valence-electron chi connectivity index (χ4n) is 8.55. The Bertz CT molecular complexity index is 2170. The number of aliphatic hydroxyl groups is 1. The van der Waals surface area contributed by atoms with Crippen LogP contribution in [-0.4, -0.2) is 98.6 Å². The molecule has 3 aliphatic heterocycles. The number of thiazole rings is 1. The van der Waals surface area contributed by atoms with Crippen LogP contribution in [0.2, 0.25) is 0 Å². The minimum absolute atomic E-state index is 0.0223. The fourth-order valence-corrected chi connectivity index (χ4v) is 9.36. The molecular formula is C47H61N7O8S. The van der Waals surface area contributed by atoms with Gasteiger partial charge in [-0.2, -0.15) is 0 Å². The lowest BCUT2D eigenvalue weighted by Gasteiger charge is -2.35. The van der Waals surface area contributed by atoms with Gasteiger partial charge >= 0.3 is 0 Å². The highest BCUT2D eigenvalue weighted by atomic mass is 32.1. The molecule has 0 bridgehead atoms. The highest BCUT2D eigenvalue weighted by Crippen LogP contribution is 2.33. The summed E-state index contributed by atoms with van der Waals surface area (Å²) in [6.45, 7) is 8.53. The molecule has 0 radical (unpaired) electrons. The maximum absolute atomic E-state index is 14.0. The molecule has 7 amide bonds. The number of aliphatic hydroxyl groups excluding tert-OH is 1. The van der Waals surface area contributed by atoms with Gasteiger partial charge in [0.1, 0.15) is 18.1 Å². The molecule has 338 valence electrons. The number of carbonyl (C=O) groups is 7. The van der Waals surface area contributed by atoms with Crippen LogP contribution in [0.15, 0.2) is 48.0 Å². The Morgan fingerprint density at radius 1 is 0.921 bits per heavy atom. The zero-order valence-electron chi connectivity index (χ0n) is 36.8. The summed E-state index contributed by atoms with van der Waals surface area (Å²) in [6.07, 6.45) is 8.49. The van der Waals surface area contributed by atoms with E-state index in [0.29, 0.717) is 25.1 Å². The zero-order valence-corrected chi connectivity index (χ0v) is 37.6. The van der Waals surface area contributed by atoms with Crippen molar-refractivity contribution in [1.82, 2.24) is 30.7 Å². The standard InChI is InChI=1S/C47H61N7O8S/c1-29-40(63-28-50-29)31-20-18-30(19-21-31)26-49-42(58)36-25-32(55)27-53(36)46(62)41(47(2,3)4)51-37(56)17-12-10-8-6-5-7-9-11-13-24-48-34-16-14-15-33-39(34)45(61)54(44(33)60)35-22-23-38(57)52-43(35)59/h14-16,18-21,28,32,35-36,41,48,55H,5-13,17,22-27H2,1-4H3,(H,49,58)(H,51,56)(H,52,57,59)/t32-,35?,36+,41-/m1/s1. The van der Waals surface area contributed by atoms with Gasteiger partial charge in [-0.25, -0.2) is 4.98 Å². The highest BCUT2D eigenvalue weighted by molar-refractivity contribution is 7.13. The topological polar surface area (TPSA) is 207 Å². The fraction of sp³-hybridized carbons (Fsp3) is 0.532. The number of unbranched alkanes of at least 4 members (excludes halogenated alkanes) is 8. The first kappa shape index (κ1) is 47.0. The van der Waals surface area contributed by atoms with Gasteiger partial charge in [-0.3, -0.25) is 43.8 Å². The number of imide groups is 2. The molecule has 16 heteroatoms. The molecule has 4 atom stereocenters. The average molecular weight is 884 g/mol. The molecule has 2 aromatic carbocycles. The Balaban J connectivity index is 0.850. The van der Waals surface area contributed by atoms with Gasteiger partial charge in [0.2, 0.25) is 29.5 Å². The number of nitrogens with zero attached hydrogens (tertiary/aromatic N) is 3. The van der Waals surface area contributed by atoms with Gasteiger partial charge in [-0.1, -0.05) is 96.0 Å². The van der Waals surface area contributed by atoms with Crippen LogP contribution in [0.3, 0.4) is 0 Å². The Morgan fingerprint density at radius 3 is 2.25 bits per heavy atom. The molecule has 6 rings (SSSR count). The Morgan fingerprint density at radius 2 is 1.60 bits per heavy atom. The van der Waals surface area contributed by atoms with E-state index < -0.39 is 53.3 Å². The summed E-state index contributed by atoms with van der Waals surface area (Å²) < 4.78 is 0. The molecule has 63 heavy (non-hydrogen) atoms. The number of aryl methyl sites for hydroxylation is 1. The molecule has 4 heterocycles. The van der Waals surface area contributed by atoms with Gasteiger partial charge in [0, 0.05) is 44.6 Å². The van der Waals surface area contributed by atoms with Gasteiger partial charge in [0.25, 0.3) is 11.8 Å². The molecule has 2 saturated heterocycles. The number of likely N-dealkylation sites (tertiary alicyclic amines) is 1. The van der Waals surface area contributed by atoms with E-state index in [1.165, 1.54) is 4.90 Å². The number of aromatic nitrogens is 1. The number of anilines is 1. The summed E-state index contributed by atoms with van der Waals surface area (Å²) >= 11 is 1.58. The number of piperidine rings is 1. The second-order valence-corrected chi connectivity index (χ2v) is 18.8. The SMILES string of the molecule is Cc1ncsc1-c1ccc(CNC(=O)[C@@H]2C[C@@H](O)CN2C(=O)[C@@H](NC(=O)CCCCCCCCCCCNc2cccc3c2C(=O)N(C2CCC(=O)NC2=O)C3=O)C(C)(C)C)cc1. The van der Waals surface area contributed by atoms with Crippen LogP contribution in [0.5, 0.6) is 0 Å². The van der Waals surface area contributed by atoms with Gasteiger partial charge in [-0.05, 0) is 54.9 Å². The second-order valence-electron chi connectivity index (χ2n) is 18.0. The van der Waals surface area contributed by atoms with E-state index in [4.69, 9.17) is 0 Å². The molecule has 2 fully saturated rings. The molecule has 3 aliphatic rings. The quantitative estimate of drug-likeness (QED) is 0.0697. The van der Waals surface area contributed by atoms with Gasteiger partial charge in [-0.15, -0.1) is 11.3 Å². The smallest absolute Gasteiger partial charge is 0.264 e. The summed E-state index contributed by atoms with van der Waals surface area (Å²) in [5.41, 5.74) is 5.21. The number of hydrogen-bond acceptors (Lipinski definition) is 11. The van der Waals surface area contributed by atoms with E-state index in [-0.39, 0.29) is 61.2 Å². The van der Waals surface area contributed by atoms with Crippen molar-refractivity contribution in [3.8, 4) is 10.4 Å². The Kier molecular flexibility index (Phi) is 15.9. The monoisotopic (exact) mass is 883 g/mol. The number of benzene rings is 2. The number of nitrogens with one attached hydrogen (secondary N) is 4. The van der Waals surface area contributed by atoms with Crippen molar-refractivity contribution in [2.75, 3.05) is 18.4 Å². The number of β-amino-alcohol motifs (C(OH)–C–C–N with tert-alkyl or cyclic N) is 1. The number of rotatable bonds is 20. The predicted octanol–water partition coefficient (Wildman–Crippen LogP) is 5.64. The number of carbonyl (C=O) groups excluding carboxylic acids is 7. The average Bonchev–Trinajstić information content (AvgIpc) is 3.93. The van der Waals surface area contributed by atoms with Crippen LogP contribution in [-0.2, 0) is 30.5 Å². The molecule has 0 saturated carbocycles. The van der Waals surface area contributed by atoms with E-state index in [1.807, 2.05) is 57.5 Å². The van der Waals surface area contributed by atoms with Crippen LogP contribution in [0.4, 0.5) is 5.69 Å². The van der Waals surface area contributed by atoms with E-state index in [1.54, 1.807) is 29.5 Å². The summed E-state index contributed by atoms with van der Waals surface area (Å²) in [7, 11) is 0. The van der Waals surface area contributed by atoms with E-state index >= 15 is 0 Å². The number of fused-ring (bicyclic) bond motifs is 1. The third-order valence-corrected chi connectivity index (χ3v) is 13.1. The first-order valence-corrected chi connectivity index (χ1v) is 23.2. The van der Waals surface area contributed by atoms with Crippen molar-refractivity contribution in [2.24, 2.45) is 5.41 Å². The molecule has 1 unspecified atom stereocenters. The van der Waals surface area contributed by atoms with Crippen molar-refractivity contribution in [3.63, 3.8) is 0 Å². The van der Waals surface area contributed by atoms with Crippen LogP contribution in [0.1, 0.15) is 136 Å². The maximum Gasteiger partial charge on any atom is 0.264 e. The van der Waals surface area contributed by atoms with Gasteiger partial charge in [0.05, 0.1) is 33.3 Å². The largest absolute Gasteiger partial charge is 0.391 e. The number of amides is 7. The predicted molar refractivity (Wildman–Crippen MR) is 239 cm³/mol. The lowest BCUT2D eigenvalue weighted by atomic mass is 9.85. The van der Waals surface area contributed by atoms with E-state index in [9.17, 15) is 38.7 Å². The summed E-state index contributed by atoms with van der Waals surface area (Å²) in [4.78, 5) is 98.7. The molecular weight excluding hydrogens is 823 g/mol. The normalized spacial score (nSPS) is 19.2. The lowest BCUT2D eigenvalue weighted by molar-refractivity contribution is -0.144. The summed E-state index contributed by atoms with van der Waals surface area (Å²) in [5, 5.41) is 22.0. The number of hydrogen-bond donors (Lipinski definition) is 5. The van der Waals surface area contributed by atoms with Crippen molar-refractivity contribution in [3.05, 3.63) is 70.4 Å². The molecule has 0 spiro atoms. The first-order valence-electron chi connectivity index (χ1n) is 22.3. The summed E-state index contributed by atoms with van der Waals surface area (Å²) in [5.74, 6) is -3.01. The van der Waals surface area contributed by atoms with Crippen molar-refractivity contribution < 1.29 is 38.7 Å². The minimum Gasteiger partial charge on any atom is -0.391 e. The zero-order chi connectivity index (χ0) is 45.3. The third-order valence-electron chi connectivity index (χ3n) is 12.1. The third kappa shape index (κ3) is 11.8. The van der Waals surface area contributed by atoms with Gasteiger partial charge in [0.15, 0.2) is 0 Å². The van der Waals surface area contributed by atoms with Crippen molar-refractivity contribution in [1.29, 1.82) is 0 Å². The molecule has 5 N–H and O–H groups in total. The van der Waals surface area contributed by atoms with Crippen molar-refractivity contribution in [2.45, 2.75) is 142 Å². The lowest BCUT2D eigenvalue weighted by Crippen LogP contribution is -2.57. The summed E-state index contributed by atoms with van der Waals surface area (Å²) in [6, 6.07) is 10.3. The van der Waals surface area contributed by atoms with Crippen LogP contribution >= 0.6 is 11.3 Å². The second kappa shape index (κ2) is 21.3. The minimum atomic E-state index is -0.999. The molecule has 0 aliphatic carbocycles. The van der Waals surface area contributed by atoms with E-state index in [2.05, 4.69) is 26.3 Å². The Hall–Kier alpha value is -5.48. The molecule has 3 aromatic rings. The molecule has 1 aromatic heterocycles. The molecule has 15 nitrogen and oxygen atoms in total. The van der Waals surface area contributed by atoms with Crippen LogP contribution < -0.4 is 21.3 Å². The van der Waals surface area contributed by atoms with E-state index in [0.717, 1.165) is 78.0 Å². The maximum atomic E-state index is 14.0. The highest BCUT2D eigenvalue weighted by Gasteiger charge is 2.46. The van der Waals surface area contributed by atoms with Crippen LogP contribution in [0.25, 0.3) is 10.4 Å². The van der Waals surface area contributed by atoms with Crippen molar-refractivity contribution >= 4 is 58.4 Å². The van der Waals surface area contributed by atoms with Gasteiger partial charge < -0.3 is 26.0 Å².